The number of Topliss-reactive ketones (excluding diaryl/α,β-unsaturated/α-hetero) is 1. The zero-order valence-electron chi connectivity index (χ0n) is 12.3. The van der Waals surface area contributed by atoms with Crippen molar-refractivity contribution in [2.24, 2.45) is 0 Å². The van der Waals surface area contributed by atoms with Crippen LogP contribution in [0.4, 0.5) is 0 Å². The molecule has 0 spiro atoms. The van der Waals surface area contributed by atoms with Crippen LogP contribution in [0.2, 0.25) is 0 Å². The van der Waals surface area contributed by atoms with Crippen molar-refractivity contribution in [2.45, 2.75) is 33.0 Å². The van der Waals surface area contributed by atoms with E-state index in [1.54, 1.807) is 6.92 Å². The van der Waals surface area contributed by atoms with E-state index in [9.17, 15) is 4.79 Å². The van der Waals surface area contributed by atoms with E-state index in [1.807, 2.05) is 48.5 Å². The first-order valence-corrected chi connectivity index (χ1v) is 7.88. The summed E-state index contributed by atoms with van der Waals surface area (Å²) in [6.45, 7) is 4.33. The molecule has 0 aromatic heterocycles. The van der Waals surface area contributed by atoms with Gasteiger partial charge in [0.15, 0.2) is 5.78 Å². The highest BCUT2D eigenvalue weighted by atomic mass is 79.9. The van der Waals surface area contributed by atoms with Gasteiger partial charge in [-0.05, 0) is 36.6 Å². The second-order valence-corrected chi connectivity index (χ2v) is 5.91. The second-order valence-electron chi connectivity index (χ2n) is 5.00. The summed E-state index contributed by atoms with van der Waals surface area (Å²) in [5.74, 6) is 0.0210. The fourth-order valence-corrected chi connectivity index (χ4v) is 2.51. The van der Waals surface area contributed by atoms with E-state index in [4.69, 9.17) is 4.74 Å². The lowest BCUT2D eigenvalue weighted by Crippen LogP contribution is -2.20. The predicted molar refractivity (Wildman–Crippen MR) is 88.5 cm³/mol. The summed E-state index contributed by atoms with van der Waals surface area (Å²) >= 11 is 3.43. The number of hydrogen-bond donors (Lipinski definition) is 0. The monoisotopic (exact) mass is 346 g/mol. The summed E-state index contributed by atoms with van der Waals surface area (Å²) in [5, 5.41) is 0. The summed E-state index contributed by atoms with van der Waals surface area (Å²) in [7, 11) is 0. The van der Waals surface area contributed by atoms with Gasteiger partial charge in [0.2, 0.25) is 0 Å². The minimum Gasteiger partial charge on any atom is -0.366 e. The molecule has 0 saturated carbocycles. The number of benzene rings is 2. The maximum absolute atomic E-state index is 12.3. The van der Waals surface area contributed by atoms with Crippen LogP contribution in [0.5, 0.6) is 0 Å². The third-order valence-electron chi connectivity index (χ3n) is 3.40. The summed E-state index contributed by atoms with van der Waals surface area (Å²) in [6, 6.07) is 15.6. The molecular weight excluding hydrogens is 328 g/mol. The van der Waals surface area contributed by atoms with E-state index in [0.29, 0.717) is 12.2 Å². The average Bonchev–Trinajstić information content (AvgIpc) is 2.52. The fraction of sp³-hybridized carbons (Fsp3) is 0.278. The first-order valence-electron chi connectivity index (χ1n) is 7.09. The van der Waals surface area contributed by atoms with Gasteiger partial charge < -0.3 is 4.74 Å². The molecule has 2 aromatic rings. The molecule has 0 fully saturated rings. The lowest BCUT2D eigenvalue weighted by Gasteiger charge is -2.12. The SMILES string of the molecule is CCc1ccc(C(=O)C(C)OCc2cccc(Br)c2)cc1. The third-order valence-corrected chi connectivity index (χ3v) is 3.90. The van der Waals surface area contributed by atoms with Gasteiger partial charge in [-0.15, -0.1) is 0 Å². The molecular formula is C18H19BrO2. The Morgan fingerprint density at radius 2 is 1.86 bits per heavy atom. The summed E-state index contributed by atoms with van der Waals surface area (Å²) in [6.07, 6.45) is 0.528. The van der Waals surface area contributed by atoms with Gasteiger partial charge in [-0.1, -0.05) is 59.3 Å². The van der Waals surface area contributed by atoms with Crippen LogP contribution in [0.3, 0.4) is 0 Å². The van der Waals surface area contributed by atoms with Crippen molar-refractivity contribution in [2.75, 3.05) is 0 Å². The smallest absolute Gasteiger partial charge is 0.191 e. The summed E-state index contributed by atoms with van der Waals surface area (Å²) in [4.78, 5) is 12.3. The van der Waals surface area contributed by atoms with Gasteiger partial charge in [0.25, 0.3) is 0 Å². The minimum absolute atomic E-state index is 0.0210. The van der Waals surface area contributed by atoms with Gasteiger partial charge >= 0.3 is 0 Å². The number of ketones is 1. The fourth-order valence-electron chi connectivity index (χ4n) is 2.06. The highest BCUT2D eigenvalue weighted by Crippen LogP contribution is 2.14. The molecule has 0 radical (unpaired) electrons. The first kappa shape index (κ1) is 15.9. The molecule has 0 amide bonds. The van der Waals surface area contributed by atoms with Crippen LogP contribution >= 0.6 is 15.9 Å². The van der Waals surface area contributed by atoms with E-state index in [1.165, 1.54) is 5.56 Å². The Bertz CT molecular complexity index is 605. The van der Waals surface area contributed by atoms with Crippen LogP contribution < -0.4 is 0 Å². The largest absolute Gasteiger partial charge is 0.366 e. The Kier molecular flexibility index (Phi) is 5.71. The molecule has 2 nitrogen and oxygen atoms in total. The average molecular weight is 347 g/mol. The highest BCUT2D eigenvalue weighted by molar-refractivity contribution is 9.10. The number of hydrogen-bond acceptors (Lipinski definition) is 2. The number of ether oxygens (including phenoxy) is 1. The van der Waals surface area contributed by atoms with E-state index in [2.05, 4.69) is 22.9 Å². The first-order chi connectivity index (χ1) is 10.1. The van der Waals surface area contributed by atoms with Crippen molar-refractivity contribution in [3.8, 4) is 0 Å². The van der Waals surface area contributed by atoms with Crippen molar-refractivity contribution < 1.29 is 9.53 Å². The number of rotatable bonds is 6. The van der Waals surface area contributed by atoms with Gasteiger partial charge in [0, 0.05) is 10.0 Å². The van der Waals surface area contributed by atoms with Gasteiger partial charge in [-0.3, -0.25) is 4.79 Å². The highest BCUT2D eigenvalue weighted by Gasteiger charge is 2.15. The molecule has 2 rings (SSSR count). The van der Waals surface area contributed by atoms with Crippen LogP contribution in [-0.2, 0) is 17.8 Å². The Morgan fingerprint density at radius 3 is 2.48 bits per heavy atom. The van der Waals surface area contributed by atoms with Crippen molar-refractivity contribution in [3.63, 3.8) is 0 Å². The van der Waals surface area contributed by atoms with Gasteiger partial charge in [-0.2, -0.15) is 0 Å². The lowest BCUT2D eigenvalue weighted by molar-refractivity contribution is 0.0412. The maximum atomic E-state index is 12.3. The van der Waals surface area contributed by atoms with E-state index >= 15 is 0 Å². The third kappa shape index (κ3) is 4.51. The molecule has 0 heterocycles. The molecule has 0 bridgehead atoms. The van der Waals surface area contributed by atoms with Crippen LogP contribution in [0.15, 0.2) is 53.0 Å². The van der Waals surface area contributed by atoms with Gasteiger partial charge in [0.05, 0.1) is 6.61 Å². The topological polar surface area (TPSA) is 26.3 Å². The Morgan fingerprint density at radius 1 is 1.14 bits per heavy atom. The van der Waals surface area contributed by atoms with Crippen LogP contribution in [0.25, 0.3) is 0 Å². The predicted octanol–water partition coefficient (Wildman–Crippen LogP) is 4.80. The molecule has 0 aliphatic carbocycles. The molecule has 21 heavy (non-hydrogen) atoms. The molecule has 0 saturated heterocycles. The van der Waals surface area contributed by atoms with E-state index < -0.39 is 6.10 Å². The van der Waals surface area contributed by atoms with Crippen LogP contribution in [-0.4, -0.2) is 11.9 Å². The minimum atomic E-state index is -0.448. The quantitative estimate of drug-likeness (QED) is 0.702. The maximum Gasteiger partial charge on any atom is 0.191 e. The summed E-state index contributed by atoms with van der Waals surface area (Å²) in [5.41, 5.74) is 2.98. The van der Waals surface area contributed by atoms with Gasteiger partial charge in [0.1, 0.15) is 6.10 Å². The molecule has 1 atom stereocenters. The number of carbonyl (C=O) groups excluding carboxylic acids is 1. The van der Waals surface area contributed by atoms with Crippen molar-refractivity contribution in [1.29, 1.82) is 0 Å². The zero-order valence-corrected chi connectivity index (χ0v) is 13.9. The standard InChI is InChI=1S/C18H19BrO2/c1-3-14-7-9-16(10-8-14)18(20)13(2)21-12-15-5-4-6-17(19)11-15/h4-11,13H,3,12H2,1-2H3. The van der Waals surface area contributed by atoms with Gasteiger partial charge in [-0.25, -0.2) is 0 Å². The van der Waals surface area contributed by atoms with E-state index in [0.717, 1.165) is 16.5 Å². The number of halogens is 1. The normalized spacial score (nSPS) is 12.1. The molecule has 0 N–H and O–H groups in total. The molecule has 110 valence electrons. The Balaban J connectivity index is 1.95. The Labute approximate surface area is 134 Å². The molecule has 1 unspecified atom stereocenters. The van der Waals surface area contributed by atoms with Crippen LogP contribution in [0.1, 0.15) is 35.3 Å². The zero-order chi connectivity index (χ0) is 15.2. The van der Waals surface area contributed by atoms with Crippen molar-refractivity contribution in [3.05, 3.63) is 69.7 Å². The molecule has 0 aliphatic rings. The van der Waals surface area contributed by atoms with Crippen molar-refractivity contribution in [1.82, 2.24) is 0 Å². The Hall–Kier alpha value is -1.45. The van der Waals surface area contributed by atoms with Crippen LogP contribution in [0, 0.1) is 0 Å². The molecule has 2 aromatic carbocycles. The van der Waals surface area contributed by atoms with E-state index in [-0.39, 0.29) is 5.78 Å². The molecule has 0 aliphatic heterocycles. The number of aryl methyl sites for hydroxylation is 1. The summed E-state index contributed by atoms with van der Waals surface area (Å²) < 4.78 is 6.70. The van der Waals surface area contributed by atoms with Crippen molar-refractivity contribution >= 4 is 21.7 Å². The lowest BCUT2D eigenvalue weighted by atomic mass is 10.0. The number of carbonyl (C=O) groups is 1. The second kappa shape index (κ2) is 7.53. The molecule has 3 heteroatoms.